The molecule has 0 spiro atoms. The highest BCUT2D eigenvalue weighted by molar-refractivity contribution is 7.94. The predicted octanol–water partition coefficient (Wildman–Crippen LogP) is 16.0. The Bertz CT molecular complexity index is 5220. The molecule has 8 aromatic carbocycles. The number of azo groups is 4. The molecular weight excluding hydrogens is 1660 g/mol. The minimum atomic E-state index is -4.40. The Balaban J connectivity index is 0.998. The SMILES string of the molecule is O=C(O)c1ccc(N=Nc2ccc(Nc3nc(NCCNc4nc(Nc5ccc(N=Nc6ccc(C(=O)O)cc6)cc5OCCCSOOO)nc(Nc5ccc(N=Nc6ccc(C(=O)O)cc6)cc5OCCCS(=O)(=O)O)n4)nc(Nc4ccc(N=Nc5ccc(C(=O)O)cc5)cc4OCCCS(=O)(=O)O)n3)c(OCCCSOOO)c2)cc1. The van der Waals surface area contributed by atoms with E-state index in [2.05, 4.69) is 102 Å². The first-order valence-electron chi connectivity index (χ1n) is 35.1. The predicted molar refractivity (Wildman–Crippen MR) is 434 cm³/mol. The lowest BCUT2D eigenvalue weighted by Gasteiger charge is -2.17. The van der Waals surface area contributed by atoms with E-state index in [-0.39, 0.29) is 179 Å². The number of carboxylic acids is 4. The van der Waals surface area contributed by atoms with Crippen molar-refractivity contribution in [3.63, 3.8) is 0 Å². The highest BCUT2D eigenvalue weighted by Crippen LogP contribution is 2.39. The number of nitrogens with zero attached hydrogens (tertiary/aromatic N) is 14. The lowest BCUT2D eigenvalue weighted by Crippen LogP contribution is -2.18. The standard InChI is InChI=1S/C72H70N20O24S4/c93-63(94)43-5-13-47(14-6-43)85-89-51-21-25-55(59(39-51)109-31-1-35-117-115-113-101)75-69-79-67(81-71(83-69)77-57-27-23-53(41-61(57)111-33-3-37-119(103,104)105)91-87-49-17-9-45(10-18-49)65(97)98)73-29-30-74-68-80-70(76-56-26-22-52(40-60(56)110-32-2-36-118-116-114-102)90-86-48-15-7-44(8-16-48)64(95)96)84-72(82-68)78-58-28-24-54(42-62(58)112-34-4-38-120(106,107)108)92-88-50-19-11-46(12-20-50)66(99)100/h5-28,39-42,101-102H,1-4,29-38H2,(H,93,94)(H,95,96)(H,97,98)(H,99,100)(H,103,104,105)(H,106,107,108)(H3,73,75,77,79,81,83)(H3,74,76,78,80,82,84). The van der Waals surface area contributed by atoms with E-state index in [0.717, 1.165) is 24.1 Å². The largest absolute Gasteiger partial charge is 0.491 e. The van der Waals surface area contributed by atoms with E-state index in [1.807, 2.05) is 0 Å². The summed E-state index contributed by atoms with van der Waals surface area (Å²) >= 11 is 1.61. The van der Waals surface area contributed by atoms with Crippen molar-refractivity contribution in [2.75, 3.05) is 94.4 Å². The molecule has 0 aliphatic rings. The summed E-state index contributed by atoms with van der Waals surface area (Å²) in [6.45, 7) is -0.438. The van der Waals surface area contributed by atoms with Gasteiger partial charge in [-0.2, -0.15) is 87.7 Å². The van der Waals surface area contributed by atoms with Crippen LogP contribution in [0.4, 0.5) is 104 Å². The quantitative estimate of drug-likeness (QED) is 0.00420. The van der Waals surface area contributed by atoms with Crippen LogP contribution in [0.3, 0.4) is 0 Å². The fourth-order valence-electron chi connectivity index (χ4n) is 9.85. The number of rotatable bonds is 49. The molecule has 0 amide bonds. The molecule has 0 atom stereocenters. The molecule has 0 unspecified atom stereocenters. The highest BCUT2D eigenvalue weighted by atomic mass is 32.2. The molecule has 14 N–H and O–H groups in total. The van der Waals surface area contributed by atoms with Crippen LogP contribution in [0.1, 0.15) is 67.1 Å². The summed E-state index contributed by atoms with van der Waals surface area (Å²) in [5.41, 5.74) is 3.30. The second-order valence-electron chi connectivity index (χ2n) is 24.2. The van der Waals surface area contributed by atoms with E-state index in [9.17, 15) is 65.5 Å². The molecule has 0 saturated heterocycles. The van der Waals surface area contributed by atoms with Crippen LogP contribution < -0.4 is 50.8 Å². The Morgan fingerprint density at radius 3 is 0.783 bits per heavy atom. The number of aromatic carboxylic acids is 4. The summed E-state index contributed by atoms with van der Waals surface area (Å²) in [5.74, 6) is -5.44. The first-order valence-corrected chi connectivity index (χ1v) is 40.2. The molecule has 0 aliphatic heterocycles. The summed E-state index contributed by atoms with van der Waals surface area (Å²) in [7, 11) is -8.81. The maximum atomic E-state index is 11.8. The number of carboxylic acid groups (broad SMARTS) is 4. The van der Waals surface area contributed by atoms with E-state index < -0.39 is 55.6 Å². The van der Waals surface area contributed by atoms with Gasteiger partial charge in [0.2, 0.25) is 35.7 Å². The number of benzene rings is 8. The van der Waals surface area contributed by atoms with Crippen molar-refractivity contribution >= 4 is 172 Å². The summed E-state index contributed by atoms with van der Waals surface area (Å²) in [6.07, 6.45) is 0.391. The Morgan fingerprint density at radius 1 is 0.325 bits per heavy atom. The fourth-order valence-corrected chi connectivity index (χ4v) is 11.5. The Hall–Kier alpha value is -13.7. The summed E-state index contributed by atoms with van der Waals surface area (Å²) < 4.78 is 99.9. The summed E-state index contributed by atoms with van der Waals surface area (Å²) in [5, 5.41) is 116. The van der Waals surface area contributed by atoms with Gasteiger partial charge in [-0.3, -0.25) is 9.11 Å². The maximum Gasteiger partial charge on any atom is 0.335 e. The van der Waals surface area contributed by atoms with Gasteiger partial charge < -0.3 is 71.3 Å². The molecule has 44 nitrogen and oxygen atoms in total. The minimum absolute atomic E-state index is 0.0169. The smallest absolute Gasteiger partial charge is 0.335 e. The Labute approximate surface area is 688 Å². The molecule has 10 rings (SSSR count). The molecule has 0 aliphatic carbocycles. The molecule has 2 heterocycles. The van der Waals surface area contributed by atoms with E-state index in [0.29, 0.717) is 47.1 Å². The van der Waals surface area contributed by atoms with Crippen molar-refractivity contribution < 1.29 is 114 Å². The number of carbonyl (C=O) groups is 4. The van der Waals surface area contributed by atoms with Crippen molar-refractivity contribution in [1.82, 2.24) is 29.9 Å². The van der Waals surface area contributed by atoms with E-state index in [1.54, 1.807) is 36.4 Å². The van der Waals surface area contributed by atoms with Gasteiger partial charge in [-0.25, -0.2) is 29.7 Å². The maximum absolute atomic E-state index is 11.8. The second kappa shape index (κ2) is 44.6. The van der Waals surface area contributed by atoms with Gasteiger partial charge in [-0.1, -0.05) is 10.1 Å². The topological polar surface area (TPSA) is 621 Å². The third-order valence-electron chi connectivity index (χ3n) is 15.4. The normalized spacial score (nSPS) is 11.6. The van der Waals surface area contributed by atoms with Crippen molar-refractivity contribution in [3.05, 3.63) is 192 Å². The first-order chi connectivity index (χ1) is 57.9. The van der Waals surface area contributed by atoms with Crippen LogP contribution in [0.2, 0.25) is 0 Å². The number of anilines is 10. The van der Waals surface area contributed by atoms with Crippen LogP contribution in [0.15, 0.2) is 211 Å². The van der Waals surface area contributed by atoms with Crippen LogP contribution in [-0.4, -0.2) is 173 Å². The third kappa shape index (κ3) is 29.8. The number of hydrogen-bond donors (Lipinski definition) is 14. The molecule has 0 bridgehead atoms. The number of hydrogen-bond acceptors (Lipinski definition) is 40. The molecule has 2 aromatic heterocycles. The number of aromatic nitrogens is 6. The van der Waals surface area contributed by atoms with Gasteiger partial charge in [-0.05, 0) is 171 Å². The minimum Gasteiger partial charge on any atom is -0.491 e. The second-order valence-corrected chi connectivity index (χ2v) is 28.9. The molecule has 48 heteroatoms. The molecule has 0 saturated carbocycles. The number of nitrogens with one attached hydrogen (secondary N) is 6. The van der Waals surface area contributed by atoms with Gasteiger partial charge in [0, 0.05) is 72.9 Å². The van der Waals surface area contributed by atoms with Crippen molar-refractivity contribution in [3.8, 4) is 23.0 Å². The first kappa shape index (κ1) is 88.7. The van der Waals surface area contributed by atoms with E-state index >= 15 is 0 Å². The van der Waals surface area contributed by atoms with Crippen molar-refractivity contribution in [2.24, 2.45) is 40.9 Å². The van der Waals surface area contributed by atoms with Crippen molar-refractivity contribution in [2.45, 2.75) is 25.7 Å². The number of ether oxygens (including phenoxy) is 4. The van der Waals surface area contributed by atoms with Gasteiger partial charge in [0.05, 0.1) is 128 Å². The zero-order valence-electron chi connectivity index (χ0n) is 62.1. The zero-order valence-corrected chi connectivity index (χ0v) is 65.3. The average molecular weight is 1730 g/mol. The fraction of sp³-hybridized carbons (Fsp3) is 0.194. The Morgan fingerprint density at radius 2 is 0.550 bits per heavy atom. The monoisotopic (exact) mass is 1730 g/mol. The van der Waals surface area contributed by atoms with Gasteiger partial charge >= 0.3 is 23.9 Å². The Kier molecular flexibility index (Phi) is 33.0. The van der Waals surface area contributed by atoms with E-state index in [4.69, 9.17) is 49.4 Å². The highest BCUT2D eigenvalue weighted by Gasteiger charge is 2.20. The summed E-state index contributed by atoms with van der Waals surface area (Å²) in [6, 6.07) is 41.0. The molecule has 10 aromatic rings. The summed E-state index contributed by atoms with van der Waals surface area (Å²) in [4.78, 5) is 74.3. The zero-order chi connectivity index (χ0) is 85.2. The van der Waals surface area contributed by atoms with Crippen LogP contribution in [0.25, 0.3) is 0 Å². The van der Waals surface area contributed by atoms with Crippen molar-refractivity contribution in [1.29, 1.82) is 0 Å². The van der Waals surface area contributed by atoms with Gasteiger partial charge in [-0.15, -0.1) is 8.67 Å². The average Bonchev–Trinajstić information content (AvgIpc) is 0.823. The van der Waals surface area contributed by atoms with E-state index in [1.165, 1.54) is 133 Å². The molecule has 626 valence electrons. The lowest BCUT2D eigenvalue weighted by molar-refractivity contribution is -0.432. The van der Waals surface area contributed by atoms with Gasteiger partial charge in [0.1, 0.15) is 23.0 Å². The molecule has 120 heavy (non-hydrogen) atoms. The molecule has 0 fully saturated rings. The van der Waals surface area contributed by atoms with Crippen LogP contribution in [-0.2, 0) is 39.0 Å². The molecule has 0 radical (unpaired) electrons. The van der Waals surface area contributed by atoms with Crippen LogP contribution in [0.5, 0.6) is 23.0 Å². The van der Waals surface area contributed by atoms with Crippen LogP contribution in [0, 0.1) is 0 Å². The third-order valence-corrected chi connectivity index (χ3v) is 18.2. The lowest BCUT2D eigenvalue weighted by atomic mass is 10.2. The molecular formula is C72H70N20O24S4. The van der Waals surface area contributed by atoms with Gasteiger partial charge in [0.15, 0.2) is 0 Å². The van der Waals surface area contributed by atoms with Crippen LogP contribution >= 0.6 is 24.1 Å². The van der Waals surface area contributed by atoms with Gasteiger partial charge in [0.25, 0.3) is 20.2 Å².